The second kappa shape index (κ2) is 7.32. The third-order valence-electron chi connectivity index (χ3n) is 4.47. The van der Waals surface area contributed by atoms with Gasteiger partial charge in [-0.25, -0.2) is 0 Å². The molecule has 23 heavy (non-hydrogen) atoms. The topological polar surface area (TPSA) is 58.8 Å². The van der Waals surface area contributed by atoms with Gasteiger partial charge in [0.05, 0.1) is 13.2 Å². The minimum atomic E-state index is -0.441. The molecule has 0 unspecified atom stereocenters. The summed E-state index contributed by atoms with van der Waals surface area (Å²) in [5.74, 6) is 0.982. The highest BCUT2D eigenvalue weighted by molar-refractivity contribution is 5.82. The zero-order chi connectivity index (χ0) is 17.0. The van der Waals surface area contributed by atoms with Gasteiger partial charge in [-0.05, 0) is 11.5 Å². The molecule has 1 aliphatic heterocycles. The van der Waals surface area contributed by atoms with Crippen LogP contribution in [0.2, 0.25) is 0 Å². The van der Waals surface area contributed by atoms with Gasteiger partial charge >= 0.3 is 0 Å². The van der Waals surface area contributed by atoms with E-state index in [-0.39, 0.29) is 11.3 Å². The molecule has 1 aromatic rings. The van der Waals surface area contributed by atoms with Crippen molar-refractivity contribution in [1.29, 1.82) is 0 Å². The quantitative estimate of drug-likeness (QED) is 0.918. The van der Waals surface area contributed by atoms with Crippen LogP contribution in [0.1, 0.15) is 26.3 Å². The Bertz CT molecular complexity index is 531. The summed E-state index contributed by atoms with van der Waals surface area (Å²) in [6.45, 7) is 10.1. The summed E-state index contributed by atoms with van der Waals surface area (Å²) in [5.41, 5.74) is 7.08. The fraction of sp³-hybridized carbons (Fsp3) is 0.611. The van der Waals surface area contributed by atoms with Crippen molar-refractivity contribution in [2.45, 2.75) is 33.4 Å². The number of methoxy groups -OCH3 is 1. The largest absolute Gasteiger partial charge is 0.496 e. The molecule has 0 bridgehead atoms. The average Bonchev–Trinajstić information content (AvgIpc) is 2.54. The fourth-order valence-corrected chi connectivity index (χ4v) is 2.77. The van der Waals surface area contributed by atoms with E-state index in [0.29, 0.717) is 0 Å². The number of carbonyl (C=O) groups excluding carboxylic acids is 1. The number of nitrogens with zero attached hydrogens (tertiary/aromatic N) is 2. The van der Waals surface area contributed by atoms with Crippen LogP contribution in [-0.2, 0) is 11.3 Å². The smallest absolute Gasteiger partial charge is 0.240 e. The van der Waals surface area contributed by atoms with E-state index in [4.69, 9.17) is 10.5 Å². The first-order valence-corrected chi connectivity index (χ1v) is 8.21. The van der Waals surface area contributed by atoms with Crippen molar-refractivity contribution in [2.24, 2.45) is 11.1 Å². The molecule has 1 aliphatic rings. The number of benzene rings is 1. The Hall–Kier alpha value is -1.59. The van der Waals surface area contributed by atoms with Crippen LogP contribution in [-0.4, -0.2) is 55.0 Å². The van der Waals surface area contributed by atoms with Crippen LogP contribution in [0.3, 0.4) is 0 Å². The minimum absolute atomic E-state index is 0.0643. The molecule has 2 N–H and O–H groups in total. The highest BCUT2D eigenvalue weighted by Gasteiger charge is 2.32. The molecule has 5 nitrogen and oxygen atoms in total. The van der Waals surface area contributed by atoms with Gasteiger partial charge in [-0.2, -0.15) is 0 Å². The monoisotopic (exact) mass is 319 g/mol. The molecular weight excluding hydrogens is 290 g/mol. The molecule has 0 spiro atoms. The Morgan fingerprint density at radius 2 is 1.83 bits per heavy atom. The molecule has 0 aromatic heterocycles. The first-order chi connectivity index (χ1) is 10.8. The third kappa shape index (κ3) is 4.45. The lowest BCUT2D eigenvalue weighted by atomic mass is 9.86. The number of ether oxygens (including phenoxy) is 1. The molecule has 128 valence electrons. The molecule has 1 heterocycles. The van der Waals surface area contributed by atoms with Gasteiger partial charge < -0.3 is 15.4 Å². The van der Waals surface area contributed by atoms with Crippen molar-refractivity contribution in [3.05, 3.63) is 29.8 Å². The second-order valence-electron chi connectivity index (χ2n) is 7.26. The number of hydrogen-bond acceptors (Lipinski definition) is 4. The first-order valence-electron chi connectivity index (χ1n) is 8.21. The van der Waals surface area contributed by atoms with Crippen molar-refractivity contribution >= 4 is 5.91 Å². The van der Waals surface area contributed by atoms with E-state index < -0.39 is 6.04 Å². The zero-order valence-corrected chi connectivity index (χ0v) is 14.7. The molecule has 0 radical (unpaired) electrons. The Morgan fingerprint density at radius 1 is 1.22 bits per heavy atom. The van der Waals surface area contributed by atoms with Crippen LogP contribution >= 0.6 is 0 Å². The van der Waals surface area contributed by atoms with Crippen molar-refractivity contribution in [1.82, 2.24) is 9.80 Å². The average molecular weight is 319 g/mol. The number of nitrogens with two attached hydrogens (primary N) is 1. The van der Waals surface area contributed by atoms with E-state index in [9.17, 15) is 4.79 Å². The van der Waals surface area contributed by atoms with Crippen LogP contribution in [0.15, 0.2) is 24.3 Å². The van der Waals surface area contributed by atoms with E-state index in [2.05, 4.69) is 11.0 Å². The van der Waals surface area contributed by atoms with Crippen molar-refractivity contribution in [3.63, 3.8) is 0 Å². The second-order valence-corrected chi connectivity index (χ2v) is 7.26. The van der Waals surface area contributed by atoms with E-state index in [1.807, 2.05) is 43.9 Å². The zero-order valence-electron chi connectivity index (χ0n) is 14.7. The van der Waals surface area contributed by atoms with E-state index in [1.54, 1.807) is 7.11 Å². The Labute approximate surface area is 139 Å². The molecule has 1 atom stereocenters. The predicted octanol–water partition coefficient (Wildman–Crippen LogP) is 1.71. The maximum absolute atomic E-state index is 12.5. The van der Waals surface area contributed by atoms with Crippen LogP contribution in [0.5, 0.6) is 5.75 Å². The first kappa shape index (κ1) is 17.8. The predicted molar refractivity (Wildman–Crippen MR) is 92.3 cm³/mol. The number of rotatable bonds is 4. The summed E-state index contributed by atoms with van der Waals surface area (Å²) in [6, 6.07) is 7.64. The third-order valence-corrected chi connectivity index (χ3v) is 4.47. The summed E-state index contributed by atoms with van der Waals surface area (Å²) < 4.78 is 5.41. The van der Waals surface area contributed by atoms with Gasteiger partial charge in [0.1, 0.15) is 5.75 Å². The van der Waals surface area contributed by atoms with Crippen LogP contribution in [0.4, 0.5) is 0 Å². The van der Waals surface area contributed by atoms with Gasteiger partial charge in [0.2, 0.25) is 5.91 Å². The van der Waals surface area contributed by atoms with Crippen LogP contribution in [0, 0.1) is 5.41 Å². The summed E-state index contributed by atoms with van der Waals surface area (Å²) in [6.07, 6.45) is 0. The fourth-order valence-electron chi connectivity index (χ4n) is 2.77. The number of amides is 1. The molecule has 1 amide bonds. The maximum atomic E-state index is 12.5. The van der Waals surface area contributed by atoms with Gasteiger partial charge in [-0.15, -0.1) is 0 Å². The molecular formula is C18H29N3O2. The summed E-state index contributed by atoms with van der Waals surface area (Å²) in [7, 11) is 1.70. The molecule has 5 heteroatoms. The maximum Gasteiger partial charge on any atom is 0.240 e. The lowest BCUT2D eigenvalue weighted by Gasteiger charge is -2.38. The SMILES string of the molecule is COc1ccccc1CN1CCN(C(=O)[C@@H](N)C(C)(C)C)CC1. The number of hydrogen-bond donors (Lipinski definition) is 1. The van der Waals surface area contributed by atoms with Gasteiger partial charge in [-0.3, -0.25) is 9.69 Å². The Kier molecular flexibility index (Phi) is 5.65. The van der Waals surface area contributed by atoms with Gasteiger partial charge in [0.25, 0.3) is 0 Å². The van der Waals surface area contributed by atoms with E-state index in [0.717, 1.165) is 38.5 Å². The highest BCUT2D eigenvalue weighted by Crippen LogP contribution is 2.22. The van der Waals surface area contributed by atoms with E-state index >= 15 is 0 Å². The molecule has 0 saturated carbocycles. The van der Waals surface area contributed by atoms with Crippen molar-refractivity contribution < 1.29 is 9.53 Å². The number of para-hydroxylation sites is 1. The summed E-state index contributed by atoms with van der Waals surface area (Å²) >= 11 is 0. The lowest BCUT2D eigenvalue weighted by Crippen LogP contribution is -2.56. The van der Waals surface area contributed by atoms with Crippen LogP contribution in [0.25, 0.3) is 0 Å². The molecule has 2 rings (SSSR count). The normalized spacial score (nSPS) is 17.9. The van der Waals surface area contributed by atoms with Gasteiger partial charge in [0.15, 0.2) is 0 Å². The molecule has 1 fully saturated rings. The van der Waals surface area contributed by atoms with E-state index in [1.165, 1.54) is 5.56 Å². The Morgan fingerprint density at radius 3 is 2.39 bits per heavy atom. The van der Waals surface area contributed by atoms with Crippen molar-refractivity contribution in [2.75, 3.05) is 33.3 Å². The highest BCUT2D eigenvalue weighted by atomic mass is 16.5. The molecule has 0 aliphatic carbocycles. The molecule has 1 aromatic carbocycles. The van der Waals surface area contributed by atoms with Crippen molar-refractivity contribution in [3.8, 4) is 5.75 Å². The Balaban J connectivity index is 1.90. The van der Waals surface area contributed by atoms with Gasteiger partial charge in [-0.1, -0.05) is 39.0 Å². The standard InChI is InChI=1S/C18H29N3O2/c1-18(2,3)16(19)17(22)21-11-9-20(10-12-21)13-14-7-5-6-8-15(14)23-4/h5-8,16H,9-13,19H2,1-4H3/t16-/m1/s1. The summed E-state index contributed by atoms with van der Waals surface area (Å²) in [4.78, 5) is 16.7. The molecule has 1 saturated heterocycles. The number of piperazine rings is 1. The van der Waals surface area contributed by atoms with Gasteiger partial charge in [0, 0.05) is 38.3 Å². The number of carbonyl (C=O) groups is 1. The minimum Gasteiger partial charge on any atom is -0.496 e. The van der Waals surface area contributed by atoms with Crippen LogP contribution < -0.4 is 10.5 Å². The summed E-state index contributed by atoms with van der Waals surface area (Å²) in [5, 5.41) is 0. The lowest BCUT2D eigenvalue weighted by molar-refractivity contribution is -0.136.